The fourth-order valence-electron chi connectivity index (χ4n) is 2.39. The van der Waals surface area contributed by atoms with Gasteiger partial charge in [0.05, 0.1) is 6.61 Å². The van der Waals surface area contributed by atoms with Crippen LogP contribution in [0.15, 0.2) is 0 Å². The summed E-state index contributed by atoms with van der Waals surface area (Å²) in [7, 11) is 1.77. The van der Waals surface area contributed by atoms with Crippen LogP contribution in [0.2, 0.25) is 0 Å². The van der Waals surface area contributed by atoms with Crippen LogP contribution in [0.4, 0.5) is 0 Å². The highest BCUT2D eigenvalue weighted by Gasteiger charge is 2.13. The Balaban J connectivity index is 1.95. The maximum absolute atomic E-state index is 5.10. The predicted molar refractivity (Wildman–Crippen MR) is 68.9 cm³/mol. The number of methoxy groups -OCH3 is 1. The second-order valence-electron chi connectivity index (χ2n) is 4.72. The van der Waals surface area contributed by atoms with Crippen LogP contribution in [0.25, 0.3) is 0 Å². The van der Waals surface area contributed by atoms with Gasteiger partial charge in [-0.05, 0) is 38.9 Å². The number of likely N-dealkylation sites (N-methyl/N-ethyl adjacent to an activating group) is 1. The van der Waals surface area contributed by atoms with Crippen molar-refractivity contribution in [3.05, 3.63) is 0 Å². The van der Waals surface area contributed by atoms with Crippen molar-refractivity contribution >= 4 is 0 Å². The van der Waals surface area contributed by atoms with Gasteiger partial charge in [0, 0.05) is 19.7 Å². The van der Waals surface area contributed by atoms with Crippen LogP contribution in [0.1, 0.15) is 39.0 Å². The lowest BCUT2D eigenvalue weighted by atomic mass is 10.2. The van der Waals surface area contributed by atoms with Crippen molar-refractivity contribution in [3.8, 4) is 0 Å². The highest BCUT2D eigenvalue weighted by molar-refractivity contribution is 4.73. The lowest BCUT2D eigenvalue weighted by Gasteiger charge is -2.20. The summed E-state index contributed by atoms with van der Waals surface area (Å²) in [5.41, 5.74) is 0. The molecule has 3 heteroatoms. The molecule has 1 aliphatic rings. The topological polar surface area (TPSA) is 24.5 Å². The minimum absolute atomic E-state index is 0.814. The average molecular weight is 228 g/mol. The zero-order chi connectivity index (χ0) is 11.6. The molecule has 16 heavy (non-hydrogen) atoms. The zero-order valence-corrected chi connectivity index (χ0v) is 11.0. The Hall–Kier alpha value is -0.120. The van der Waals surface area contributed by atoms with Crippen LogP contribution in [-0.2, 0) is 4.74 Å². The van der Waals surface area contributed by atoms with Gasteiger partial charge in [-0.2, -0.15) is 0 Å². The van der Waals surface area contributed by atoms with Crippen molar-refractivity contribution in [2.45, 2.75) is 45.1 Å². The average Bonchev–Trinajstić information content (AvgIpc) is 2.81. The van der Waals surface area contributed by atoms with Gasteiger partial charge in [0.25, 0.3) is 0 Å². The molecule has 0 atom stereocenters. The summed E-state index contributed by atoms with van der Waals surface area (Å²) in [6.45, 7) is 7.64. The quantitative estimate of drug-likeness (QED) is 0.610. The molecule has 0 aromatic carbocycles. The van der Waals surface area contributed by atoms with Crippen LogP contribution in [-0.4, -0.2) is 50.8 Å². The molecule has 0 amide bonds. The van der Waals surface area contributed by atoms with E-state index < -0.39 is 0 Å². The number of nitrogens with one attached hydrogen (secondary N) is 1. The third kappa shape index (κ3) is 5.83. The second-order valence-corrected chi connectivity index (χ2v) is 4.72. The molecule has 1 fully saturated rings. The van der Waals surface area contributed by atoms with Crippen molar-refractivity contribution in [2.75, 3.05) is 39.9 Å². The summed E-state index contributed by atoms with van der Waals surface area (Å²) in [6, 6.07) is 0.814. The van der Waals surface area contributed by atoms with Crippen LogP contribution in [0.3, 0.4) is 0 Å². The summed E-state index contributed by atoms with van der Waals surface area (Å²) in [6.07, 6.45) is 6.88. The number of hydrogen-bond donors (Lipinski definition) is 1. The molecular weight excluding hydrogens is 200 g/mol. The summed E-state index contributed by atoms with van der Waals surface area (Å²) < 4.78 is 5.10. The first kappa shape index (κ1) is 13.9. The highest BCUT2D eigenvalue weighted by atomic mass is 16.5. The Morgan fingerprint density at radius 3 is 2.62 bits per heavy atom. The minimum Gasteiger partial charge on any atom is -0.383 e. The van der Waals surface area contributed by atoms with Gasteiger partial charge in [0.1, 0.15) is 0 Å². The molecule has 1 aliphatic carbocycles. The van der Waals surface area contributed by atoms with Gasteiger partial charge in [-0.15, -0.1) is 0 Å². The normalized spacial score (nSPS) is 17.4. The van der Waals surface area contributed by atoms with Crippen LogP contribution in [0, 0.1) is 0 Å². The van der Waals surface area contributed by atoms with Gasteiger partial charge >= 0.3 is 0 Å². The van der Waals surface area contributed by atoms with Crippen molar-refractivity contribution in [2.24, 2.45) is 0 Å². The smallest absolute Gasteiger partial charge is 0.0589 e. The van der Waals surface area contributed by atoms with E-state index in [4.69, 9.17) is 4.74 Å². The molecule has 96 valence electrons. The molecule has 0 heterocycles. The van der Waals surface area contributed by atoms with E-state index in [2.05, 4.69) is 17.1 Å². The number of nitrogens with zero attached hydrogens (tertiary/aromatic N) is 1. The maximum atomic E-state index is 5.10. The second kappa shape index (κ2) is 8.97. The van der Waals surface area contributed by atoms with E-state index in [0.29, 0.717) is 0 Å². The van der Waals surface area contributed by atoms with Gasteiger partial charge in [-0.3, -0.25) is 0 Å². The summed E-state index contributed by atoms with van der Waals surface area (Å²) in [4.78, 5) is 2.46. The molecule has 0 spiro atoms. The molecule has 0 bridgehead atoms. The monoisotopic (exact) mass is 228 g/mol. The molecule has 1 saturated carbocycles. The Kier molecular flexibility index (Phi) is 7.81. The maximum Gasteiger partial charge on any atom is 0.0589 e. The first-order chi connectivity index (χ1) is 7.86. The van der Waals surface area contributed by atoms with Gasteiger partial charge in [-0.1, -0.05) is 19.8 Å². The van der Waals surface area contributed by atoms with E-state index >= 15 is 0 Å². The molecular formula is C13H28N2O. The molecule has 0 aromatic rings. The van der Waals surface area contributed by atoms with Crippen LogP contribution < -0.4 is 5.32 Å². The largest absolute Gasteiger partial charge is 0.383 e. The third-order valence-corrected chi connectivity index (χ3v) is 3.50. The summed E-state index contributed by atoms with van der Waals surface area (Å²) >= 11 is 0. The molecule has 1 rings (SSSR count). The van der Waals surface area contributed by atoms with Gasteiger partial charge in [0.15, 0.2) is 0 Å². The zero-order valence-electron chi connectivity index (χ0n) is 11.0. The van der Waals surface area contributed by atoms with Gasteiger partial charge < -0.3 is 15.0 Å². The molecule has 0 unspecified atom stereocenters. The van der Waals surface area contributed by atoms with E-state index in [9.17, 15) is 0 Å². The highest BCUT2D eigenvalue weighted by Crippen LogP contribution is 2.17. The van der Waals surface area contributed by atoms with Crippen molar-refractivity contribution < 1.29 is 4.74 Å². The minimum atomic E-state index is 0.814. The van der Waals surface area contributed by atoms with Crippen molar-refractivity contribution in [1.29, 1.82) is 0 Å². The Morgan fingerprint density at radius 1 is 1.25 bits per heavy atom. The van der Waals surface area contributed by atoms with Crippen LogP contribution >= 0.6 is 0 Å². The van der Waals surface area contributed by atoms with Gasteiger partial charge in [0.2, 0.25) is 0 Å². The predicted octanol–water partition coefficient (Wildman–Crippen LogP) is 1.88. The number of hydrogen-bond acceptors (Lipinski definition) is 3. The molecule has 1 N–H and O–H groups in total. The van der Waals surface area contributed by atoms with E-state index in [1.807, 2.05) is 0 Å². The standard InChI is InChI=1S/C13H28N2O/c1-3-15(11-12-16-2)10-6-9-14-13-7-4-5-8-13/h13-14H,3-12H2,1-2H3. The Bertz CT molecular complexity index is 158. The first-order valence-electron chi connectivity index (χ1n) is 6.81. The Morgan fingerprint density at radius 2 is 2.00 bits per heavy atom. The van der Waals surface area contributed by atoms with E-state index in [1.54, 1.807) is 7.11 Å². The third-order valence-electron chi connectivity index (χ3n) is 3.50. The first-order valence-corrected chi connectivity index (χ1v) is 6.81. The summed E-state index contributed by atoms with van der Waals surface area (Å²) in [5.74, 6) is 0. The fourth-order valence-corrected chi connectivity index (χ4v) is 2.39. The van der Waals surface area contributed by atoms with E-state index in [1.165, 1.54) is 45.2 Å². The van der Waals surface area contributed by atoms with E-state index in [-0.39, 0.29) is 0 Å². The summed E-state index contributed by atoms with van der Waals surface area (Å²) in [5, 5.41) is 3.66. The molecule has 0 aromatic heterocycles. The van der Waals surface area contributed by atoms with E-state index in [0.717, 1.165) is 25.7 Å². The number of rotatable bonds is 9. The Labute approximate surface area is 101 Å². The fraction of sp³-hybridized carbons (Fsp3) is 1.00. The lowest BCUT2D eigenvalue weighted by molar-refractivity contribution is 0.150. The molecule has 0 saturated heterocycles. The van der Waals surface area contributed by atoms with Crippen molar-refractivity contribution in [1.82, 2.24) is 10.2 Å². The molecule has 0 radical (unpaired) electrons. The lowest BCUT2D eigenvalue weighted by Crippen LogP contribution is -2.32. The molecule has 3 nitrogen and oxygen atoms in total. The van der Waals surface area contributed by atoms with Crippen LogP contribution in [0.5, 0.6) is 0 Å². The number of ether oxygens (including phenoxy) is 1. The van der Waals surface area contributed by atoms with Gasteiger partial charge in [-0.25, -0.2) is 0 Å². The SMILES string of the molecule is CCN(CCCNC1CCCC1)CCOC. The molecule has 0 aliphatic heterocycles. The van der Waals surface area contributed by atoms with Crippen molar-refractivity contribution in [3.63, 3.8) is 0 Å².